The molecule has 0 amide bonds. The van der Waals surface area contributed by atoms with Crippen molar-refractivity contribution in [3.05, 3.63) is 200 Å². The van der Waals surface area contributed by atoms with Crippen LogP contribution in [0.5, 0.6) is 0 Å². The third-order valence-corrected chi connectivity index (χ3v) is 15.7. The summed E-state index contributed by atoms with van der Waals surface area (Å²) in [4.78, 5) is 0. The van der Waals surface area contributed by atoms with E-state index in [4.69, 9.17) is 0 Å². The Morgan fingerprint density at radius 1 is 0.340 bits per heavy atom. The maximum absolute atomic E-state index is 2.52. The molecule has 3 heteroatoms. The number of benzene rings is 8. The second kappa shape index (κ2) is 12.4. The van der Waals surface area contributed by atoms with Gasteiger partial charge in [0, 0.05) is 32.9 Å². The molecule has 0 saturated heterocycles. The molecular weight excluding hydrogens is 657 g/mol. The van der Waals surface area contributed by atoms with Gasteiger partial charge in [0.2, 0.25) is 0 Å². The van der Waals surface area contributed by atoms with E-state index >= 15 is 0 Å². The largest absolute Gasteiger partial charge is 0.309 e. The van der Waals surface area contributed by atoms with Crippen LogP contribution in [0.1, 0.15) is 5.56 Å². The van der Waals surface area contributed by atoms with Crippen molar-refractivity contribution in [2.75, 3.05) is 0 Å². The van der Waals surface area contributed by atoms with E-state index in [9.17, 15) is 0 Å². The summed E-state index contributed by atoms with van der Waals surface area (Å²) in [6.45, 7) is 4.70. The molecule has 1 atom stereocenters. The fourth-order valence-electron chi connectivity index (χ4n) is 8.61. The molecule has 0 radical (unpaired) electrons. The first kappa shape index (κ1) is 31.3. The molecule has 0 fully saturated rings. The number of aromatic nitrogens is 2. The minimum absolute atomic E-state index is 1.18. The second-order valence-corrected chi connectivity index (χ2v) is 18.4. The summed E-state index contributed by atoms with van der Waals surface area (Å²) in [5.74, 6) is 0. The minimum atomic E-state index is -2.49. The minimum Gasteiger partial charge on any atom is -0.309 e. The Hall–Kier alpha value is -6.42. The van der Waals surface area contributed by atoms with E-state index < -0.39 is 8.07 Å². The third-order valence-electron chi connectivity index (χ3n) is 11.3. The molecule has 0 bridgehead atoms. The molecule has 10 rings (SSSR count). The summed E-state index contributed by atoms with van der Waals surface area (Å²) in [7, 11) is -2.49. The monoisotopic (exact) mass is 694 g/mol. The van der Waals surface area contributed by atoms with Gasteiger partial charge in [0.15, 0.2) is 0 Å². The molecule has 2 nitrogen and oxygen atoms in total. The highest BCUT2D eigenvalue weighted by atomic mass is 28.3. The zero-order valence-electron chi connectivity index (χ0n) is 29.9. The van der Waals surface area contributed by atoms with E-state index in [1.165, 1.54) is 87.2 Å². The van der Waals surface area contributed by atoms with Crippen molar-refractivity contribution < 1.29 is 0 Å². The van der Waals surface area contributed by atoms with E-state index in [1.54, 1.807) is 0 Å². The summed E-state index contributed by atoms with van der Waals surface area (Å²) in [6.07, 6.45) is 0. The van der Waals surface area contributed by atoms with E-state index in [0.29, 0.717) is 0 Å². The van der Waals surface area contributed by atoms with E-state index in [2.05, 4.69) is 217 Å². The predicted octanol–water partition coefficient (Wildman–Crippen LogP) is 11.0. The van der Waals surface area contributed by atoms with Gasteiger partial charge in [-0.1, -0.05) is 152 Å². The van der Waals surface area contributed by atoms with Crippen LogP contribution in [0.25, 0.3) is 66.1 Å². The number of para-hydroxylation sites is 3. The van der Waals surface area contributed by atoms with Gasteiger partial charge in [0.05, 0.1) is 22.1 Å². The van der Waals surface area contributed by atoms with Crippen LogP contribution in [0.15, 0.2) is 194 Å². The van der Waals surface area contributed by atoms with Gasteiger partial charge in [0.25, 0.3) is 0 Å². The number of hydrogen-bond donors (Lipinski definition) is 0. The molecule has 2 heterocycles. The van der Waals surface area contributed by atoms with Crippen molar-refractivity contribution in [2.24, 2.45) is 0 Å². The molecule has 0 saturated carbocycles. The van der Waals surface area contributed by atoms with Crippen LogP contribution < -0.4 is 15.6 Å². The quantitative estimate of drug-likeness (QED) is 0.121. The number of rotatable bonds is 6. The number of fused-ring (bicyclic) bond motifs is 6. The van der Waals surface area contributed by atoms with Crippen molar-refractivity contribution in [1.82, 2.24) is 9.13 Å². The Bertz CT molecular complexity index is 2920. The van der Waals surface area contributed by atoms with Gasteiger partial charge in [-0.25, -0.2) is 0 Å². The number of hydrogen-bond acceptors (Lipinski definition) is 0. The Balaban J connectivity index is 1.15. The third kappa shape index (κ3) is 5.00. The standard InChI is InChI=1S/C50H38N2Si/c1-35-27-30-49-46(31-35)45-29-28-37(33-50(45)51(49)38-16-5-3-6-17-38)36-15-13-21-41(32-36)53(2,40-19-7-4-8-20-40)42-22-14-18-39(34-42)52-47-25-11-9-23-43(47)44-24-10-12-26-48(44)52/h3-34H,1-2H3. The summed E-state index contributed by atoms with van der Waals surface area (Å²) in [5, 5.41) is 9.29. The van der Waals surface area contributed by atoms with Crippen LogP contribution in [-0.2, 0) is 0 Å². The van der Waals surface area contributed by atoms with Crippen LogP contribution >= 0.6 is 0 Å². The Morgan fingerprint density at radius 2 is 0.868 bits per heavy atom. The van der Waals surface area contributed by atoms with Gasteiger partial charge in [-0.15, -0.1) is 0 Å². The normalized spacial score (nSPS) is 12.9. The predicted molar refractivity (Wildman–Crippen MR) is 229 cm³/mol. The van der Waals surface area contributed by atoms with E-state index in [-0.39, 0.29) is 0 Å². The average molecular weight is 695 g/mol. The molecular formula is C50H38N2Si. The molecule has 10 aromatic rings. The van der Waals surface area contributed by atoms with Gasteiger partial charge in [0.1, 0.15) is 8.07 Å². The van der Waals surface area contributed by atoms with Crippen molar-refractivity contribution in [2.45, 2.75) is 13.5 Å². The highest BCUT2D eigenvalue weighted by Crippen LogP contribution is 2.36. The first-order chi connectivity index (χ1) is 26.1. The highest BCUT2D eigenvalue weighted by molar-refractivity contribution is 7.10. The van der Waals surface area contributed by atoms with Crippen LogP contribution in [-0.4, -0.2) is 17.2 Å². The molecule has 8 aromatic carbocycles. The molecule has 0 aliphatic carbocycles. The smallest absolute Gasteiger partial charge is 0.145 e. The van der Waals surface area contributed by atoms with Crippen LogP contribution in [0, 0.1) is 6.92 Å². The molecule has 252 valence electrons. The maximum Gasteiger partial charge on any atom is 0.145 e. The molecule has 0 spiro atoms. The van der Waals surface area contributed by atoms with Crippen molar-refractivity contribution in [3.8, 4) is 22.5 Å². The second-order valence-electron chi connectivity index (χ2n) is 14.4. The van der Waals surface area contributed by atoms with Crippen molar-refractivity contribution in [1.29, 1.82) is 0 Å². The summed E-state index contributed by atoms with van der Waals surface area (Å²) in [5.41, 5.74) is 11.0. The molecule has 1 unspecified atom stereocenters. The molecule has 0 aliphatic rings. The summed E-state index contributed by atoms with van der Waals surface area (Å²) in [6, 6.07) is 72.0. The lowest BCUT2D eigenvalue weighted by atomic mass is 10.0. The summed E-state index contributed by atoms with van der Waals surface area (Å²) < 4.78 is 4.85. The Morgan fingerprint density at radius 3 is 1.60 bits per heavy atom. The first-order valence-electron chi connectivity index (χ1n) is 18.4. The maximum atomic E-state index is 2.52. The fraction of sp³-hybridized carbons (Fsp3) is 0.0400. The highest BCUT2D eigenvalue weighted by Gasteiger charge is 2.35. The van der Waals surface area contributed by atoms with Gasteiger partial charge < -0.3 is 9.13 Å². The van der Waals surface area contributed by atoms with Gasteiger partial charge >= 0.3 is 0 Å². The van der Waals surface area contributed by atoms with Crippen molar-refractivity contribution in [3.63, 3.8) is 0 Å². The molecule has 0 N–H and O–H groups in total. The van der Waals surface area contributed by atoms with Crippen LogP contribution in [0.4, 0.5) is 0 Å². The Labute approximate surface area is 310 Å². The van der Waals surface area contributed by atoms with Crippen LogP contribution in [0.3, 0.4) is 0 Å². The van der Waals surface area contributed by atoms with Crippen LogP contribution in [0.2, 0.25) is 6.55 Å². The lowest BCUT2D eigenvalue weighted by molar-refractivity contribution is 1.18. The zero-order valence-corrected chi connectivity index (χ0v) is 30.9. The number of aryl methyl sites for hydroxylation is 1. The average Bonchev–Trinajstić information content (AvgIpc) is 3.73. The first-order valence-corrected chi connectivity index (χ1v) is 20.9. The molecule has 53 heavy (non-hydrogen) atoms. The van der Waals surface area contributed by atoms with Gasteiger partial charge in [-0.3, -0.25) is 0 Å². The van der Waals surface area contributed by atoms with E-state index in [0.717, 1.165) is 0 Å². The molecule has 0 aliphatic heterocycles. The van der Waals surface area contributed by atoms with Gasteiger partial charge in [-0.05, 0) is 88.2 Å². The number of nitrogens with zero attached hydrogens (tertiary/aromatic N) is 2. The fourth-order valence-corrected chi connectivity index (χ4v) is 12.2. The molecule has 2 aromatic heterocycles. The summed E-state index contributed by atoms with van der Waals surface area (Å²) >= 11 is 0. The lowest BCUT2D eigenvalue weighted by Gasteiger charge is -2.30. The van der Waals surface area contributed by atoms with E-state index in [1.807, 2.05) is 0 Å². The topological polar surface area (TPSA) is 9.86 Å². The zero-order chi connectivity index (χ0) is 35.5. The SMILES string of the molecule is Cc1ccc2c(c1)c1ccc(-c3cccc([Si](C)(c4ccccc4)c4cccc(-n5c6ccccc6c6ccccc65)c4)c3)cc1n2-c1ccccc1. The lowest BCUT2D eigenvalue weighted by Crippen LogP contribution is -2.64. The van der Waals surface area contributed by atoms with Crippen molar-refractivity contribution >= 4 is 67.2 Å². The Kier molecular flexibility index (Phi) is 7.31. The van der Waals surface area contributed by atoms with Gasteiger partial charge in [-0.2, -0.15) is 0 Å².